The van der Waals surface area contributed by atoms with Gasteiger partial charge in [-0.05, 0) is 73.4 Å². The molecule has 0 radical (unpaired) electrons. The van der Waals surface area contributed by atoms with Gasteiger partial charge in [-0.1, -0.05) is 18.5 Å². The second-order valence-corrected chi connectivity index (χ2v) is 8.54. The molecule has 148 valence electrons. The highest BCUT2D eigenvalue weighted by Crippen LogP contribution is 2.42. The average Bonchev–Trinajstić information content (AvgIpc) is 3.16. The molecule has 1 aliphatic rings. The third kappa shape index (κ3) is 3.48. The Bertz CT molecular complexity index is 1180. The van der Waals surface area contributed by atoms with Gasteiger partial charge in [-0.2, -0.15) is 0 Å². The predicted octanol–water partition coefficient (Wildman–Crippen LogP) is 6.38. The Morgan fingerprint density at radius 2 is 1.90 bits per heavy atom. The molecule has 3 aromatic heterocycles. The van der Waals surface area contributed by atoms with Gasteiger partial charge >= 0.3 is 0 Å². The normalized spacial score (nSPS) is 20.9. The number of pyridine rings is 2. The molecule has 0 amide bonds. The lowest BCUT2D eigenvalue weighted by Crippen LogP contribution is -2.19. The maximum Gasteiger partial charge on any atom is 0.157 e. The number of hydrogen-bond acceptors (Lipinski definition) is 3. The van der Waals surface area contributed by atoms with E-state index in [1.165, 1.54) is 11.6 Å². The van der Waals surface area contributed by atoms with Gasteiger partial charge in [0.1, 0.15) is 17.2 Å². The third-order valence-electron chi connectivity index (χ3n) is 6.41. The van der Waals surface area contributed by atoms with Crippen LogP contribution in [0.15, 0.2) is 42.7 Å². The summed E-state index contributed by atoms with van der Waals surface area (Å²) >= 11 is 6.04. The topological polar surface area (TPSA) is 54.5 Å². The van der Waals surface area contributed by atoms with Crippen LogP contribution in [-0.2, 0) is 0 Å². The average molecular weight is 409 g/mol. The zero-order valence-corrected chi connectivity index (χ0v) is 17.0. The fraction of sp³-hybridized carbons (Fsp3) is 0.348. The molecule has 1 aromatic carbocycles. The minimum absolute atomic E-state index is 0.201. The predicted molar refractivity (Wildman–Crippen MR) is 114 cm³/mol. The first kappa shape index (κ1) is 18.5. The summed E-state index contributed by atoms with van der Waals surface area (Å²) in [7, 11) is 0. The molecule has 1 fully saturated rings. The van der Waals surface area contributed by atoms with Gasteiger partial charge in [-0.15, -0.1) is 0 Å². The third-order valence-corrected chi connectivity index (χ3v) is 6.62. The van der Waals surface area contributed by atoms with Gasteiger partial charge in [0.05, 0.1) is 10.5 Å². The number of aromatic nitrogens is 4. The summed E-state index contributed by atoms with van der Waals surface area (Å²) < 4.78 is 13.8. The maximum atomic E-state index is 13.8. The minimum atomic E-state index is -0.201. The first-order valence-electron chi connectivity index (χ1n) is 10.1. The molecule has 5 rings (SSSR count). The summed E-state index contributed by atoms with van der Waals surface area (Å²) in [4.78, 5) is 16.8. The van der Waals surface area contributed by atoms with Crippen LogP contribution in [0, 0.1) is 11.7 Å². The van der Waals surface area contributed by atoms with Gasteiger partial charge in [-0.25, -0.2) is 14.4 Å². The zero-order valence-electron chi connectivity index (χ0n) is 16.2. The molecular weight excluding hydrogens is 387 g/mol. The maximum absolute atomic E-state index is 13.8. The number of rotatable bonds is 3. The first-order chi connectivity index (χ1) is 14.1. The van der Waals surface area contributed by atoms with Crippen molar-refractivity contribution in [3.05, 3.63) is 65.0 Å². The van der Waals surface area contributed by atoms with E-state index in [0.717, 1.165) is 53.6 Å². The fourth-order valence-electron chi connectivity index (χ4n) is 4.75. The van der Waals surface area contributed by atoms with Crippen molar-refractivity contribution in [3.63, 3.8) is 0 Å². The van der Waals surface area contributed by atoms with Crippen molar-refractivity contribution in [2.75, 3.05) is 0 Å². The molecular formula is C23H22ClFN4. The smallest absolute Gasteiger partial charge is 0.157 e. The second-order valence-electron chi connectivity index (χ2n) is 8.11. The van der Waals surface area contributed by atoms with E-state index < -0.39 is 0 Å². The highest BCUT2D eigenvalue weighted by atomic mass is 35.5. The van der Waals surface area contributed by atoms with E-state index in [2.05, 4.69) is 27.9 Å². The number of fused-ring (bicyclic) bond motifs is 2. The molecule has 0 bridgehead atoms. The zero-order chi connectivity index (χ0) is 20.0. The summed E-state index contributed by atoms with van der Waals surface area (Å²) in [5, 5.41) is 1.55. The highest BCUT2D eigenvalue weighted by molar-refractivity contribution is 6.31. The number of nitrogens with one attached hydrogen (secondary N) is 1. The van der Waals surface area contributed by atoms with E-state index in [1.54, 1.807) is 18.3 Å². The van der Waals surface area contributed by atoms with Crippen LogP contribution in [0.2, 0.25) is 5.02 Å². The van der Waals surface area contributed by atoms with E-state index >= 15 is 0 Å². The van der Waals surface area contributed by atoms with Gasteiger partial charge in [0, 0.05) is 23.7 Å². The fourth-order valence-corrected chi connectivity index (χ4v) is 4.91. The minimum Gasteiger partial charge on any atom is -0.326 e. The summed E-state index contributed by atoms with van der Waals surface area (Å²) in [5.41, 5.74) is 3.70. The van der Waals surface area contributed by atoms with E-state index in [-0.39, 0.29) is 5.82 Å². The van der Waals surface area contributed by atoms with Crippen LogP contribution in [0.5, 0.6) is 0 Å². The second kappa shape index (κ2) is 7.38. The Labute approximate surface area is 173 Å². The van der Waals surface area contributed by atoms with Crippen molar-refractivity contribution in [1.29, 1.82) is 0 Å². The number of hydrogen-bond donors (Lipinski definition) is 1. The number of aromatic amines is 1. The van der Waals surface area contributed by atoms with Crippen LogP contribution in [0.4, 0.5) is 4.39 Å². The molecule has 0 spiro atoms. The van der Waals surface area contributed by atoms with Crippen molar-refractivity contribution >= 4 is 33.7 Å². The SMILES string of the molecule is CC(c1nc2cc(Cl)cnc2[nH]1)[C@H]1CC[C@H](c2ccnc3ccc(F)cc32)CC1. The number of benzene rings is 1. The van der Waals surface area contributed by atoms with E-state index in [0.29, 0.717) is 22.8 Å². The largest absolute Gasteiger partial charge is 0.326 e. The lowest BCUT2D eigenvalue weighted by atomic mass is 9.73. The number of halogens is 2. The Balaban J connectivity index is 1.34. The van der Waals surface area contributed by atoms with Gasteiger partial charge in [-0.3, -0.25) is 4.98 Å². The molecule has 6 heteroatoms. The monoisotopic (exact) mass is 408 g/mol. The van der Waals surface area contributed by atoms with Gasteiger partial charge < -0.3 is 4.98 Å². The first-order valence-corrected chi connectivity index (χ1v) is 10.5. The van der Waals surface area contributed by atoms with E-state index in [9.17, 15) is 4.39 Å². The summed E-state index contributed by atoms with van der Waals surface area (Å²) in [6, 6.07) is 8.78. The molecule has 1 aliphatic carbocycles. The molecule has 1 atom stereocenters. The van der Waals surface area contributed by atoms with Crippen LogP contribution < -0.4 is 0 Å². The number of imidazole rings is 1. The van der Waals surface area contributed by atoms with E-state index in [1.807, 2.05) is 12.3 Å². The van der Waals surface area contributed by atoms with Gasteiger partial charge in [0.15, 0.2) is 5.65 Å². The van der Waals surface area contributed by atoms with E-state index in [4.69, 9.17) is 16.6 Å². The van der Waals surface area contributed by atoms with Gasteiger partial charge in [0.25, 0.3) is 0 Å². The molecule has 3 heterocycles. The molecule has 1 unspecified atom stereocenters. The summed E-state index contributed by atoms with van der Waals surface area (Å²) in [6.07, 6.45) is 7.91. The Kier molecular flexibility index (Phi) is 4.70. The van der Waals surface area contributed by atoms with Crippen LogP contribution >= 0.6 is 11.6 Å². The molecule has 4 aromatic rings. The highest BCUT2D eigenvalue weighted by Gasteiger charge is 2.29. The lowest BCUT2D eigenvalue weighted by Gasteiger charge is -2.32. The van der Waals surface area contributed by atoms with Crippen molar-refractivity contribution in [2.24, 2.45) is 5.92 Å². The van der Waals surface area contributed by atoms with Crippen LogP contribution in [-0.4, -0.2) is 19.9 Å². The molecule has 4 nitrogen and oxygen atoms in total. The van der Waals surface area contributed by atoms with Gasteiger partial charge in [0.2, 0.25) is 0 Å². The Morgan fingerprint density at radius 1 is 1.07 bits per heavy atom. The molecule has 1 saturated carbocycles. The number of H-pyrrole nitrogens is 1. The lowest BCUT2D eigenvalue weighted by molar-refractivity contribution is 0.286. The quantitative estimate of drug-likeness (QED) is 0.428. The molecule has 1 N–H and O–H groups in total. The van der Waals surface area contributed by atoms with Crippen molar-refractivity contribution < 1.29 is 4.39 Å². The van der Waals surface area contributed by atoms with Crippen LogP contribution in [0.3, 0.4) is 0 Å². The Hall–Kier alpha value is -2.53. The summed E-state index contributed by atoms with van der Waals surface area (Å²) in [5.74, 6) is 2.12. The number of nitrogens with zero attached hydrogens (tertiary/aromatic N) is 3. The van der Waals surface area contributed by atoms with Crippen LogP contribution in [0.1, 0.15) is 55.8 Å². The standard InChI is InChI=1S/C23H22ClFN4/c1-13(22-28-21-10-16(24)12-27-23(21)29-22)14-2-4-15(5-3-14)18-8-9-26-20-7-6-17(25)11-19(18)20/h6-15H,2-5H2,1H3,(H,27,28,29)/t13?,14-,15-. The van der Waals surface area contributed by atoms with Crippen molar-refractivity contribution in [2.45, 2.75) is 44.4 Å². The molecule has 0 aliphatic heterocycles. The molecule has 0 saturated heterocycles. The van der Waals surface area contributed by atoms with Crippen LogP contribution in [0.25, 0.3) is 22.1 Å². The van der Waals surface area contributed by atoms with Crippen molar-refractivity contribution in [3.8, 4) is 0 Å². The Morgan fingerprint density at radius 3 is 2.72 bits per heavy atom. The molecule has 29 heavy (non-hydrogen) atoms. The van der Waals surface area contributed by atoms with Crippen molar-refractivity contribution in [1.82, 2.24) is 19.9 Å². The summed E-state index contributed by atoms with van der Waals surface area (Å²) in [6.45, 7) is 2.24.